The largest absolute Gasteiger partial charge is 0.494 e. The second kappa shape index (κ2) is 5.61. The number of hydrogen-bond acceptors (Lipinski definition) is 5. The molecule has 0 fully saturated rings. The van der Waals surface area contributed by atoms with E-state index in [2.05, 4.69) is 27.9 Å². The lowest BCUT2D eigenvalue weighted by atomic mass is 10.1. The van der Waals surface area contributed by atoms with Gasteiger partial charge < -0.3 is 10.1 Å². The van der Waals surface area contributed by atoms with Crippen LogP contribution in [-0.2, 0) is 0 Å². The Hall–Kier alpha value is -2.27. The summed E-state index contributed by atoms with van der Waals surface area (Å²) in [4.78, 5) is 9.80. The molecule has 1 N–H and O–H groups in total. The summed E-state index contributed by atoms with van der Waals surface area (Å²) in [5.41, 5.74) is 2.83. The summed E-state index contributed by atoms with van der Waals surface area (Å²) in [5, 5.41) is 4.14. The Kier molecular flexibility index (Phi) is 3.66. The first-order valence-electron chi connectivity index (χ1n) is 6.53. The Morgan fingerprint density at radius 3 is 2.62 bits per heavy atom. The number of benzene rings is 2. The van der Waals surface area contributed by atoms with Crippen molar-refractivity contribution in [2.45, 2.75) is 11.8 Å². The highest BCUT2D eigenvalue weighted by atomic mass is 32.1. The van der Waals surface area contributed by atoms with Crippen LogP contribution in [-0.4, -0.2) is 17.1 Å². The van der Waals surface area contributed by atoms with Gasteiger partial charge in [0.15, 0.2) is 0 Å². The molecule has 0 amide bonds. The number of ether oxygens (including phenoxy) is 1. The molecule has 106 valence electrons. The van der Waals surface area contributed by atoms with E-state index >= 15 is 0 Å². The van der Waals surface area contributed by atoms with Crippen molar-refractivity contribution in [3.05, 3.63) is 48.2 Å². The van der Waals surface area contributed by atoms with Gasteiger partial charge in [-0.05, 0) is 48.9 Å². The molecule has 0 unspecified atom stereocenters. The number of nitrogens with zero attached hydrogens (tertiary/aromatic N) is 2. The number of rotatable bonds is 3. The smallest absolute Gasteiger partial charge is 0.227 e. The molecular weight excluding hydrogens is 282 g/mol. The third-order valence-corrected chi connectivity index (χ3v) is 3.43. The monoisotopic (exact) mass is 297 g/mol. The second-order valence-corrected chi connectivity index (χ2v) is 5.29. The molecule has 0 spiro atoms. The van der Waals surface area contributed by atoms with Crippen molar-refractivity contribution in [1.29, 1.82) is 0 Å². The minimum atomic E-state index is 0.538. The fourth-order valence-corrected chi connectivity index (χ4v) is 2.29. The molecule has 1 aromatic heterocycles. The van der Waals surface area contributed by atoms with Gasteiger partial charge in [0.25, 0.3) is 0 Å². The van der Waals surface area contributed by atoms with Crippen molar-refractivity contribution in [2.24, 2.45) is 0 Å². The Morgan fingerprint density at radius 2 is 1.90 bits per heavy atom. The topological polar surface area (TPSA) is 47.0 Å². The third-order valence-electron chi connectivity index (χ3n) is 3.14. The van der Waals surface area contributed by atoms with Crippen LogP contribution in [0.25, 0.3) is 10.9 Å². The van der Waals surface area contributed by atoms with Crippen LogP contribution in [0.5, 0.6) is 5.75 Å². The molecule has 2 aromatic carbocycles. The van der Waals surface area contributed by atoms with Crippen molar-refractivity contribution in [2.75, 3.05) is 12.4 Å². The van der Waals surface area contributed by atoms with Crippen molar-refractivity contribution in [1.82, 2.24) is 9.97 Å². The highest BCUT2D eigenvalue weighted by Gasteiger charge is 2.07. The molecule has 1 heterocycles. The van der Waals surface area contributed by atoms with Gasteiger partial charge in [0.05, 0.1) is 7.11 Å². The van der Waals surface area contributed by atoms with Crippen LogP contribution < -0.4 is 10.1 Å². The third kappa shape index (κ3) is 2.92. The minimum Gasteiger partial charge on any atom is -0.494 e. The van der Waals surface area contributed by atoms with E-state index in [0.29, 0.717) is 5.95 Å². The molecule has 5 heteroatoms. The highest BCUT2D eigenvalue weighted by Crippen LogP contribution is 2.26. The first-order chi connectivity index (χ1) is 10.2. The zero-order valence-electron chi connectivity index (χ0n) is 11.8. The average Bonchev–Trinajstić information content (AvgIpc) is 2.49. The summed E-state index contributed by atoms with van der Waals surface area (Å²) in [6.07, 6.45) is 1.80. The van der Waals surface area contributed by atoms with E-state index in [4.69, 9.17) is 4.74 Å². The van der Waals surface area contributed by atoms with E-state index in [0.717, 1.165) is 32.8 Å². The van der Waals surface area contributed by atoms with E-state index in [1.165, 1.54) is 0 Å². The zero-order chi connectivity index (χ0) is 14.8. The normalized spacial score (nSPS) is 10.6. The number of aromatic nitrogens is 2. The number of methoxy groups -OCH3 is 1. The molecule has 0 bridgehead atoms. The Morgan fingerprint density at radius 1 is 1.14 bits per heavy atom. The predicted octanol–water partition coefficient (Wildman–Crippen LogP) is 3.98. The maximum absolute atomic E-state index is 5.40. The number of hydrogen-bond donors (Lipinski definition) is 2. The number of anilines is 2. The summed E-state index contributed by atoms with van der Waals surface area (Å²) in [7, 11) is 1.65. The van der Waals surface area contributed by atoms with Crippen LogP contribution in [0.15, 0.2) is 47.5 Å². The van der Waals surface area contributed by atoms with Crippen molar-refractivity contribution in [3.63, 3.8) is 0 Å². The zero-order valence-corrected chi connectivity index (χ0v) is 12.7. The Bertz CT molecular complexity index is 787. The van der Waals surface area contributed by atoms with Crippen LogP contribution in [0.1, 0.15) is 5.56 Å². The van der Waals surface area contributed by atoms with Crippen molar-refractivity contribution >= 4 is 35.2 Å². The summed E-state index contributed by atoms with van der Waals surface area (Å²) < 4.78 is 5.40. The molecule has 0 saturated heterocycles. The van der Waals surface area contributed by atoms with Gasteiger partial charge in [0.1, 0.15) is 11.3 Å². The fourth-order valence-electron chi connectivity index (χ4n) is 2.15. The lowest BCUT2D eigenvalue weighted by Gasteiger charge is -2.09. The molecule has 0 aliphatic heterocycles. The van der Waals surface area contributed by atoms with Gasteiger partial charge in [-0.25, -0.2) is 9.97 Å². The van der Waals surface area contributed by atoms with Crippen LogP contribution in [0.3, 0.4) is 0 Å². The van der Waals surface area contributed by atoms with Crippen LogP contribution >= 0.6 is 12.6 Å². The van der Waals surface area contributed by atoms with Gasteiger partial charge in [-0.3, -0.25) is 0 Å². The van der Waals surface area contributed by atoms with Gasteiger partial charge >= 0.3 is 0 Å². The molecule has 0 radical (unpaired) electrons. The number of aryl methyl sites for hydroxylation is 1. The van der Waals surface area contributed by atoms with E-state index in [1.807, 2.05) is 43.3 Å². The van der Waals surface area contributed by atoms with E-state index < -0.39 is 0 Å². The van der Waals surface area contributed by atoms with Gasteiger partial charge in [0.2, 0.25) is 5.95 Å². The fraction of sp³-hybridized carbons (Fsp3) is 0.125. The van der Waals surface area contributed by atoms with E-state index in [9.17, 15) is 0 Å². The predicted molar refractivity (Wildman–Crippen MR) is 87.8 cm³/mol. The SMILES string of the molecule is COc1cc(C)cc2cnc(Nc3ccc(S)cc3)nc12. The Balaban J connectivity index is 2.00. The lowest BCUT2D eigenvalue weighted by Crippen LogP contribution is -1.98. The number of nitrogens with one attached hydrogen (secondary N) is 1. The van der Waals surface area contributed by atoms with Crippen LogP contribution in [0.4, 0.5) is 11.6 Å². The molecule has 0 saturated carbocycles. The van der Waals surface area contributed by atoms with Gasteiger partial charge in [-0.15, -0.1) is 12.6 Å². The van der Waals surface area contributed by atoms with E-state index in [-0.39, 0.29) is 0 Å². The van der Waals surface area contributed by atoms with Gasteiger partial charge in [-0.1, -0.05) is 0 Å². The summed E-state index contributed by atoms with van der Waals surface area (Å²) in [6.45, 7) is 2.02. The molecule has 0 aliphatic carbocycles. The average molecular weight is 297 g/mol. The second-order valence-electron chi connectivity index (χ2n) is 4.77. The number of fused-ring (bicyclic) bond motifs is 1. The first kappa shape index (κ1) is 13.7. The van der Waals surface area contributed by atoms with Crippen LogP contribution in [0, 0.1) is 6.92 Å². The molecule has 0 aliphatic rings. The van der Waals surface area contributed by atoms with Crippen molar-refractivity contribution in [3.8, 4) is 5.75 Å². The molecule has 21 heavy (non-hydrogen) atoms. The molecule has 3 rings (SSSR count). The Labute approximate surface area is 128 Å². The molecular formula is C16H15N3OS. The quantitative estimate of drug-likeness (QED) is 0.718. The molecule has 4 nitrogen and oxygen atoms in total. The number of thiol groups is 1. The van der Waals surface area contributed by atoms with Crippen LogP contribution in [0.2, 0.25) is 0 Å². The van der Waals surface area contributed by atoms with Crippen molar-refractivity contribution < 1.29 is 4.74 Å². The van der Waals surface area contributed by atoms with Gasteiger partial charge in [-0.2, -0.15) is 0 Å². The van der Waals surface area contributed by atoms with E-state index in [1.54, 1.807) is 13.3 Å². The summed E-state index contributed by atoms with van der Waals surface area (Å²) >= 11 is 4.27. The minimum absolute atomic E-state index is 0.538. The maximum Gasteiger partial charge on any atom is 0.227 e. The standard InChI is InChI=1S/C16H15N3OS/c1-10-7-11-9-17-16(19-15(11)14(8-10)20-2)18-12-3-5-13(21)6-4-12/h3-9,21H,1-2H3,(H,17,18,19). The first-order valence-corrected chi connectivity index (χ1v) is 6.98. The molecule has 3 aromatic rings. The van der Waals surface area contributed by atoms with Gasteiger partial charge in [0, 0.05) is 22.2 Å². The summed E-state index contributed by atoms with van der Waals surface area (Å²) in [5.74, 6) is 1.29. The maximum atomic E-state index is 5.40. The lowest BCUT2D eigenvalue weighted by molar-refractivity contribution is 0.418. The highest BCUT2D eigenvalue weighted by molar-refractivity contribution is 7.80. The molecule has 0 atom stereocenters. The summed E-state index contributed by atoms with van der Waals surface area (Å²) in [6, 6.07) is 11.7.